The van der Waals surface area contributed by atoms with Gasteiger partial charge in [0.25, 0.3) is 0 Å². The smallest absolute Gasteiger partial charge is 0.119 e. The normalized spacial score (nSPS) is 17.1. The van der Waals surface area contributed by atoms with Gasteiger partial charge in [-0.15, -0.1) is 0 Å². The molecule has 0 bridgehead atoms. The molecule has 1 aliphatic rings. The Bertz CT molecular complexity index is 580. The van der Waals surface area contributed by atoms with Gasteiger partial charge in [0.05, 0.1) is 13.2 Å². The molecule has 3 rings (SSSR count). The maximum absolute atomic E-state index is 5.18. The van der Waals surface area contributed by atoms with E-state index < -0.39 is 0 Å². The van der Waals surface area contributed by atoms with Gasteiger partial charge in [0.1, 0.15) is 5.75 Å². The fourth-order valence-electron chi connectivity index (χ4n) is 2.62. The van der Waals surface area contributed by atoms with Crippen LogP contribution >= 0.6 is 15.9 Å². The van der Waals surface area contributed by atoms with Gasteiger partial charge in [0.15, 0.2) is 0 Å². The third-order valence-corrected chi connectivity index (χ3v) is 4.11. The number of methoxy groups -OCH3 is 1. The minimum atomic E-state index is 0.413. The summed E-state index contributed by atoms with van der Waals surface area (Å²) in [6.07, 6.45) is 2.29. The van der Waals surface area contributed by atoms with Gasteiger partial charge < -0.3 is 10.1 Å². The molecule has 0 heterocycles. The fourth-order valence-corrected chi connectivity index (χ4v) is 3.03. The molecule has 0 saturated carbocycles. The lowest BCUT2D eigenvalue weighted by Gasteiger charge is -2.16. The van der Waals surface area contributed by atoms with Crippen molar-refractivity contribution in [3.63, 3.8) is 0 Å². The molecule has 1 N–H and O–H groups in total. The molecule has 1 atom stereocenters. The van der Waals surface area contributed by atoms with Gasteiger partial charge >= 0.3 is 0 Å². The van der Waals surface area contributed by atoms with Crippen molar-refractivity contribution in [2.24, 2.45) is 0 Å². The summed E-state index contributed by atoms with van der Waals surface area (Å²) in [5.41, 5.74) is 4.00. The molecule has 2 aromatic rings. The van der Waals surface area contributed by atoms with Crippen molar-refractivity contribution in [2.75, 3.05) is 12.4 Å². The molecule has 0 fully saturated rings. The first-order valence-electron chi connectivity index (χ1n) is 6.45. The first-order valence-corrected chi connectivity index (χ1v) is 7.24. The van der Waals surface area contributed by atoms with Crippen LogP contribution in [-0.2, 0) is 6.42 Å². The lowest BCUT2D eigenvalue weighted by molar-refractivity contribution is 0.415. The minimum Gasteiger partial charge on any atom is -0.497 e. The topological polar surface area (TPSA) is 21.3 Å². The zero-order chi connectivity index (χ0) is 13.2. The largest absolute Gasteiger partial charge is 0.497 e. The zero-order valence-corrected chi connectivity index (χ0v) is 12.4. The first-order chi connectivity index (χ1) is 9.26. The highest BCUT2D eigenvalue weighted by atomic mass is 79.9. The highest BCUT2D eigenvalue weighted by Gasteiger charge is 2.22. The van der Waals surface area contributed by atoms with Crippen LogP contribution < -0.4 is 10.1 Å². The average molecular weight is 318 g/mol. The molecule has 1 aliphatic carbocycles. The molecule has 3 heteroatoms. The lowest BCUT2D eigenvalue weighted by Crippen LogP contribution is -2.06. The molecule has 0 aromatic heterocycles. The number of benzene rings is 2. The van der Waals surface area contributed by atoms with E-state index in [1.165, 1.54) is 11.1 Å². The molecular formula is C16H16BrNO. The standard InChI is InChI=1S/C16H16BrNO/c1-19-14-6-4-13(5-7-14)18-16-9-2-11-10-12(17)3-8-15(11)16/h3-8,10,16,18H,2,9H2,1H3. The van der Waals surface area contributed by atoms with E-state index in [1.54, 1.807) is 7.11 Å². The van der Waals surface area contributed by atoms with E-state index in [0.29, 0.717) is 6.04 Å². The number of fused-ring (bicyclic) bond motifs is 1. The Morgan fingerprint density at radius 2 is 1.95 bits per heavy atom. The van der Waals surface area contributed by atoms with Gasteiger partial charge in [-0.05, 0) is 60.4 Å². The van der Waals surface area contributed by atoms with Gasteiger partial charge in [-0.2, -0.15) is 0 Å². The molecule has 98 valence electrons. The van der Waals surface area contributed by atoms with Crippen molar-refractivity contribution in [1.29, 1.82) is 0 Å². The van der Waals surface area contributed by atoms with E-state index in [2.05, 4.69) is 51.6 Å². The van der Waals surface area contributed by atoms with Gasteiger partial charge in [0, 0.05) is 10.2 Å². The Hall–Kier alpha value is -1.48. The Balaban J connectivity index is 1.78. The predicted molar refractivity (Wildman–Crippen MR) is 81.8 cm³/mol. The molecule has 2 nitrogen and oxygen atoms in total. The Labute approximate surface area is 121 Å². The SMILES string of the molecule is COc1ccc(NC2CCc3cc(Br)ccc32)cc1. The van der Waals surface area contributed by atoms with Crippen LogP contribution in [0.5, 0.6) is 5.75 Å². The second kappa shape index (κ2) is 5.25. The van der Waals surface area contributed by atoms with Crippen molar-refractivity contribution >= 4 is 21.6 Å². The minimum absolute atomic E-state index is 0.413. The van der Waals surface area contributed by atoms with E-state index in [1.807, 2.05) is 12.1 Å². The zero-order valence-electron chi connectivity index (χ0n) is 10.8. The fraction of sp³-hybridized carbons (Fsp3) is 0.250. The number of nitrogens with one attached hydrogen (secondary N) is 1. The number of ether oxygens (including phenoxy) is 1. The molecule has 0 radical (unpaired) electrons. The number of aryl methyl sites for hydroxylation is 1. The van der Waals surface area contributed by atoms with E-state index in [0.717, 1.165) is 28.8 Å². The number of rotatable bonds is 3. The van der Waals surface area contributed by atoms with Crippen molar-refractivity contribution in [3.05, 3.63) is 58.1 Å². The third kappa shape index (κ3) is 2.61. The summed E-state index contributed by atoms with van der Waals surface area (Å²) >= 11 is 3.53. The van der Waals surface area contributed by atoms with Crippen LogP contribution in [0.15, 0.2) is 46.9 Å². The Morgan fingerprint density at radius 3 is 2.68 bits per heavy atom. The number of hydrogen-bond donors (Lipinski definition) is 1. The number of hydrogen-bond acceptors (Lipinski definition) is 2. The van der Waals surface area contributed by atoms with Gasteiger partial charge in [-0.25, -0.2) is 0 Å². The number of halogens is 1. The van der Waals surface area contributed by atoms with E-state index in [-0.39, 0.29) is 0 Å². The summed E-state index contributed by atoms with van der Waals surface area (Å²) < 4.78 is 6.34. The molecular weight excluding hydrogens is 302 g/mol. The van der Waals surface area contributed by atoms with E-state index >= 15 is 0 Å². The highest BCUT2D eigenvalue weighted by Crippen LogP contribution is 2.35. The predicted octanol–water partition coefficient (Wildman–Crippen LogP) is 4.56. The summed E-state index contributed by atoms with van der Waals surface area (Å²) in [5.74, 6) is 0.890. The molecule has 0 amide bonds. The molecule has 0 spiro atoms. The second-order valence-corrected chi connectivity index (χ2v) is 5.72. The average Bonchev–Trinajstić information content (AvgIpc) is 2.82. The highest BCUT2D eigenvalue weighted by molar-refractivity contribution is 9.10. The third-order valence-electron chi connectivity index (χ3n) is 3.61. The Morgan fingerprint density at radius 1 is 1.16 bits per heavy atom. The molecule has 0 aliphatic heterocycles. The Kier molecular flexibility index (Phi) is 3.47. The van der Waals surface area contributed by atoms with Crippen LogP contribution in [0.4, 0.5) is 5.69 Å². The summed E-state index contributed by atoms with van der Waals surface area (Å²) in [7, 11) is 1.69. The van der Waals surface area contributed by atoms with Crippen molar-refractivity contribution in [3.8, 4) is 5.75 Å². The van der Waals surface area contributed by atoms with E-state index in [4.69, 9.17) is 4.74 Å². The monoisotopic (exact) mass is 317 g/mol. The number of anilines is 1. The van der Waals surface area contributed by atoms with Crippen LogP contribution in [0.3, 0.4) is 0 Å². The lowest BCUT2D eigenvalue weighted by atomic mass is 10.1. The maximum Gasteiger partial charge on any atom is 0.119 e. The summed E-state index contributed by atoms with van der Waals surface area (Å²) in [5, 5.41) is 3.60. The van der Waals surface area contributed by atoms with Crippen LogP contribution in [0.2, 0.25) is 0 Å². The van der Waals surface area contributed by atoms with Gasteiger partial charge in [0.2, 0.25) is 0 Å². The van der Waals surface area contributed by atoms with Gasteiger partial charge in [-0.3, -0.25) is 0 Å². The van der Waals surface area contributed by atoms with Crippen molar-refractivity contribution < 1.29 is 4.74 Å². The summed E-state index contributed by atoms with van der Waals surface area (Å²) in [6, 6.07) is 15.1. The summed E-state index contributed by atoms with van der Waals surface area (Å²) in [6.45, 7) is 0. The summed E-state index contributed by atoms with van der Waals surface area (Å²) in [4.78, 5) is 0. The van der Waals surface area contributed by atoms with Crippen LogP contribution in [0.1, 0.15) is 23.6 Å². The second-order valence-electron chi connectivity index (χ2n) is 4.81. The molecule has 1 unspecified atom stereocenters. The van der Waals surface area contributed by atoms with Gasteiger partial charge in [-0.1, -0.05) is 22.0 Å². The molecule has 2 aromatic carbocycles. The van der Waals surface area contributed by atoms with Crippen molar-refractivity contribution in [2.45, 2.75) is 18.9 Å². The first kappa shape index (κ1) is 12.5. The maximum atomic E-state index is 5.18. The van der Waals surface area contributed by atoms with Crippen LogP contribution in [0.25, 0.3) is 0 Å². The van der Waals surface area contributed by atoms with Crippen LogP contribution in [0, 0.1) is 0 Å². The van der Waals surface area contributed by atoms with Crippen LogP contribution in [-0.4, -0.2) is 7.11 Å². The van der Waals surface area contributed by atoms with Crippen molar-refractivity contribution in [1.82, 2.24) is 0 Å². The molecule has 0 saturated heterocycles. The van der Waals surface area contributed by atoms with E-state index in [9.17, 15) is 0 Å². The molecule has 19 heavy (non-hydrogen) atoms. The quantitative estimate of drug-likeness (QED) is 0.896.